The number of alkyl halides is 1. The minimum Gasteiger partial charge on any atom is -0.210 e. The van der Waals surface area contributed by atoms with Crippen molar-refractivity contribution in [2.75, 3.05) is 11.9 Å². The summed E-state index contributed by atoms with van der Waals surface area (Å²) in [6, 6.07) is 4.67. The van der Waals surface area contributed by atoms with Crippen LogP contribution in [0.3, 0.4) is 0 Å². The Labute approximate surface area is 101 Å². The molecule has 0 saturated carbocycles. The van der Waals surface area contributed by atoms with E-state index in [9.17, 15) is 12.8 Å². The molecule has 0 unspecified atom stereocenters. The summed E-state index contributed by atoms with van der Waals surface area (Å²) >= 11 is 3.08. The van der Waals surface area contributed by atoms with Gasteiger partial charge in [0.1, 0.15) is 11.9 Å². The zero-order valence-electron chi connectivity index (χ0n) is 8.07. The van der Waals surface area contributed by atoms with Crippen molar-refractivity contribution in [2.24, 2.45) is 0 Å². The molecular formula is C9H8BrFN2O2S. The highest BCUT2D eigenvalue weighted by atomic mass is 79.9. The summed E-state index contributed by atoms with van der Waals surface area (Å²) in [5, 5.41) is 9.04. The monoisotopic (exact) mass is 306 g/mol. The maximum atomic E-state index is 13.0. The van der Waals surface area contributed by atoms with Crippen LogP contribution in [0.1, 0.15) is 5.56 Å². The highest BCUT2D eigenvalue weighted by molar-refractivity contribution is 9.09. The Kier molecular flexibility index (Phi) is 4.41. The molecule has 0 atom stereocenters. The van der Waals surface area contributed by atoms with Gasteiger partial charge < -0.3 is 0 Å². The van der Waals surface area contributed by atoms with Gasteiger partial charge in [-0.2, -0.15) is 5.26 Å². The van der Waals surface area contributed by atoms with Crippen molar-refractivity contribution in [1.29, 1.82) is 5.26 Å². The van der Waals surface area contributed by atoms with Gasteiger partial charge in [-0.1, -0.05) is 15.9 Å². The quantitative estimate of drug-likeness (QED) is 0.854. The summed E-state index contributed by atoms with van der Waals surface area (Å²) in [6.45, 7) is 0.224. The van der Waals surface area contributed by atoms with Crippen LogP contribution in [0.15, 0.2) is 23.1 Å². The zero-order valence-corrected chi connectivity index (χ0v) is 10.5. The minimum absolute atomic E-state index is 0.119. The summed E-state index contributed by atoms with van der Waals surface area (Å²) in [5.41, 5.74) is -0.290. The Balaban J connectivity index is 3.11. The third-order valence-corrected chi connectivity index (χ3v) is 3.61. The highest BCUT2D eigenvalue weighted by Crippen LogP contribution is 2.14. The van der Waals surface area contributed by atoms with Gasteiger partial charge in [-0.3, -0.25) is 0 Å². The van der Waals surface area contributed by atoms with Gasteiger partial charge >= 0.3 is 0 Å². The SMILES string of the molecule is N#Cc1cc(S(=O)(=O)NCCBr)ccc1F. The van der Waals surface area contributed by atoms with E-state index in [1.807, 2.05) is 0 Å². The van der Waals surface area contributed by atoms with Crippen LogP contribution >= 0.6 is 15.9 Å². The molecule has 7 heteroatoms. The number of rotatable bonds is 4. The number of hydrogen-bond acceptors (Lipinski definition) is 3. The Morgan fingerprint density at radius 2 is 2.19 bits per heavy atom. The van der Waals surface area contributed by atoms with Crippen LogP contribution in [0.25, 0.3) is 0 Å². The Hall–Kier alpha value is -0.970. The van der Waals surface area contributed by atoms with Gasteiger partial charge in [-0.25, -0.2) is 17.5 Å². The summed E-state index contributed by atoms with van der Waals surface area (Å²) < 4.78 is 38.5. The van der Waals surface area contributed by atoms with Crippen molar-refractivity contribution in [3.8, 4) is 6.07 Å². The van der Waals surface area contributed by atoms with Gasteiger partial charge in [-0.05, 0) is 18.2 Å². The number of nitrogens with one attached hydrogen (secondary N) is 1. The van der Waals surface area contributed by atoms with Crippen LogP contribution in [0, 0.1) is 17.1 Å². The molecule has 0 fully saturated rings. The second kappa shape index (κ2) is 5.39. The van der Waals surface area contributed by atoms with Crippen molar-refractivity contribution in [1.82, 2.24) is 4.72 Å². The van der Waals surface area contributed by atoms with Crippen LogP contribution in [-0.4, -0.2) is 20.3 Å². The van der Waals surface area contributed by atoms with Gasteiger partial charge in [0.2, 0.25) is 10.0 Å². The van der Waals surface area contributed by atoms with E-state index in [1.54, 1.807) is 6.07 Å². The van der Waals surface area contributed by atoms with Crippen LogP contribution in [0.2, 0.25) is 0 Å². The molecule has 0 aliphatic rings. The Morgan fingerprint density at radius 3 is 2.75 bits per heavy atom. The van der Waals surface area contributed by atoms with Crippen LogP contribution < -0.4 is 4.72 Å². The lowest BCUT2D eigenvalue weighted by molar-refractivity contribution is 0.583. The van der Waals surface area contributed by atoms with E-state index in [0.29, 0.717) is 5.33 Å². The van der Waals surface area contributed by atoms with Gasteiger partial charge in [0, 0.05) is 11.9 Å². The van der Waals surface area contributed by atoms with Gasteiger partial charge in [0.05, 0.1) is 10.5 Å². The summed E-state index contributed by atoms with van der Waals surface area (Å²) in [5.74, 6) is -0.734. The van der Waals surface area contributed by atoms with Crippen molar-refractivity contribution < 1.29 is 12.8 Å². The van der Waals surface area contributed by atoms with Crippen molar-refractivity contribution in [2.45, 2.75) is 4.90 Å². The summed E-state index contributed by atoms with van der Waals surface area (Å²) in [7, 11) is -3.67. The molecule has 0 aliphatic carbocycles. The number of halogens is 2. The number of nitrogens with zero attached hydrogens (tertiary/aromatic N) is 1. The lowest BCUT2D eigenvalue weighted by Gasteiger charge is -2.05. The van der Waals surface area contributed by atoms with E-state index in [4.69, 9.17) is 5.26 Å². The molecule has 0 aliphatic heterocycles. The number of sulfonamides is 1. The normalized spacial score (nSPS) is 11.1. The predicted octanol–water partition coefficient (Wildman–Crippen LogP) is 1.37. The molecule has 86 valence electrons. The molecule has 1 N–H and O–H groups in total. The number of hydrogen-bond donors (Lipinski definition) is 1. The van der Waals surface area contributed by atoms with Crippen molar-refractivity contribution >= 4 is 26.0 Å². The molecule has 1 aromatic carbocycles. The molecular weight excluding hydrogens is 299 g/mol. The van der Waals surface area contributed by atoms with Gasteiger partial charge in [0.25, 0.3) is 0 Å². The molecule has 0 saturated heterocycles. The second-order valence-electron chi connectivity index (χ2n) is 2.84. The lowest BCUT2D eigenvalue weighted by Crippen LogP contribution is -2.25. The average molecular weight is 307 g/mol. The van der Waals surface area contributed by atoms with Crippen molar-refractivity contribution in [3.05, 3.63) is 29.6 Å². The fourth-order valence-electron chi connectivity index (χ4n) is 1.01. The fourth-order valence-corrected chi connectivity index (χ4v) is 2.53. The first kappa shape index (κ1) is 13.1. The van der Waals surface area contributed by atoms with Crippen LogP contribution in [0.5, 0.6) is 0 Å². The predicted molar refractivity (Wildman–Crippen MR) is 60.1 cm³/mol. The highest BCUT2D eigenvalue weighted by Gasteiger charge is 2.15. The van der Waals surface area contributed by atoms with Crippen molar-refractivity contribution in [3.63, 3.8) is 0 Å². The molecule has 0 aromatic heterocycles. The Morgan fingerprint density at radius 1 is 1.50 bits per heavy atom. The number of benzene rings is 1. The molecule has 0 heterocycles. The van der Waals surface area contributed by atoms with Gasteiger partial charge in [-0.15, -0.1) is 0 Å². The molecule has 1 rings (SSSR count). The third kappa shape index (κ3) is 3.01. The Bertz CT molecular complexity index is 525. The number of nitriles is 1. The molecule has 16 heavy (non-hydrogen) atoms. The zero-order chi connectivity index (χ0) is 12.2. The smallest absolute Gasteiger partial charge is 0.210 e. The molecule has 0 spiro atoms. The first-order valence-corrected chi connectivity index (χ1v) is 6.87. The average Bonchev–Trinajstić information content (AvgIpc) is 2.27. The summed E-state index contributed by atoms with van der Waals surface area (Å²) in [6.07, 6.45) is 0. The minimum atomic E-state index is -3.67. The van der Waals surface area contributed by atoms with E-state index in [2.05, 4.69) is 20.7 Å². The molecule has 0 amide bonds. The fraction of sp³-hybridized carbons (Fsp3) is 0.222. The van der Waals surface area contributed by atoms with E-state index in [0.717, 1.165) is 18.2 Å². The maximum absolute atomic E-state index is 13.0. The first-order valence-electron chi connectivity index (χ1n) is 4.26. The first-order chi connectivity index (χ1) is 7.51. The molecule has 0 radical (unpaired) electrons. The topological polar surface area (TPSA) is 70.0 Å². The van der Waals surface area contributed by atoms with Crippen LogP contribution in [-0.2, 0) is 10.0 Å². The standard InChI is InChI=1S/C9H8BrFN2O2S/c10-3-4-13-16(14,15)8-1-2-9(11)7(5-8)6-12/h1-2,5,13H,3-4H2. The largest absolute Gasteiger partial charge is 0.240 e. The maximum Gasteiger partial charge on any atom is 0.240 e. The van der Waals surface area contributed by atoms with E-state index in [1.165, 1.54) is 0 Å². The molecule has 0 bridgehead atoms. The molecule has 4 nitrogen and oxygen atoms in total. The second-order valence-corrected chi connectivity index (χ2v) is 5.40. The van der Waals surface area contributed by atoms with E-state index in [-0.39, 0.29) is 17.0 Å². The van der Waals surface area contributed by atoms with E-state index < -0.39 is 15.8 Å². The third-order valence-electron chi connectivity index (χ3n) is 1.76. The van der Waals surface area contributed by atoms with Gasteiger partial charge in [0.15, 0.2) is 0 Å². The van der Waals surface area contributed by atoms with Crippen LogP contribution in [0.4, 0.5) is 4.39 Å². The lowest BCUT2D eigenvalue weighted by atomic mass is 10.2. The molecule has 1 aromatic rings. The van der Waals surface area contributed by atoms with E-state index >= 15 is 0 Å². The summed E-state index contributed by atoms with van der Waals surface area (Å²) in [4.78, 5) is -0.119.